The van der Waals surface area contributed by atoms with E-state index in [0.29, 0.717) is 12.1 Å². The maximum Gasteiger partial charge on any atom is 0.250 e. The highest BCUT2D eigenvalue weighted by Crippen LogP contribution is 2.29. The smallest absolute Gasteiger partial charge is 0.250 e. The Morgan fingerprint density at radius 1 is 1.00 bits per heavy atom. The van der Waals surface area contributed by atoms with Crippen LogP contribution in [0.5, 0.6) is 0 Å². The van der Waals surface area contributed by atoms with Crippen molar-refractivity contribution in [3.63, 3.8) is 0 Å². The van der Waals surface area contributed by atoms with Crippen LogP contribution in [0.2, 0.25) is 0 Å². The molecule has 0 aliphatic heterocycles. The SMILES string of the molecule is Cc1ccc(-c2cc(C(N)=O)c(C)n2Cc2ccccc2)c(C)c1. The van der Waals surface area contributed by atoms with E-state index in [-0.39, 0.29) is 5.91 Å². The lowest BCUT2D eigenvalue weighted by Gasteiger charge is -2.14. The summed E-state index contributed by atoms with van der Waals surface area (Å²) in [6.07, 6.45) is 0. The molecule has 1 heterocycles. The molecule has 0 aliphatic carbocycles. The van der Waals surface area contributed by atoms with Crippen molar-refractivity contribution in [3.05, 3.63) is 82.5 Å². The first-order valence-electron chi connectivity index (χ1n) is 8.09. The summed E-state index contributed by atoms with van der Waals surface area (Å²) in [7, 11) is 0. The van der Waals surface area contributed by atoms with E-state index in [4.69, 9.17) is 5.73 Å². The standard InChI is InChI=1S/C21H22N2O/c1-14-9-10-18(15(2)11-14)20-12-19(21(22)24)16(3)23(20)13-17-7-5-4-6-8-17/h4-12H,13H2,1-3H3,(H2,22,24). The topological polar surface area (TPSA) is 48.0 Å². The fraction of sp³-hybridized carbons (Fsp3) is 0.190. The molecule has 3 aromatic rings. The highest BCUT2D eigenvalue weighted by Gasteiger charge is 2.18. The summed E-state index contributed by atoms with van der Waals surface area (Å²) in [5, 5.41) is 0. The normalized spacial score (nSPS) is 10.8. The van der Waals surface area contributed by atoms with Gasteiger partial charge in [-0.3, -0.25) is 4.79 Å². The Labute approximate surface area is 142 Å². The monoisotopic (exact) mass is 318 g/mol. The van der Waals surface area contributed by atoms with Crippen LogP contribution in [0.1, 0.15) is 32.7 Å². The summed E-state index contributed by atoms with van der Waals surface area (Å²) in [4.78, 5) is 11.8. The van der Waals surface area contributed by atoms with Gasteiger partial charge in [-0.1, -0.05) is 54.1 Å². The van der Waals surface area contributed by atoms with Gasteiger partial charge < -0.3 is 10.3 Å². The molecule has 0 radical (unpaired) electrons. The van der Waals surface area contributed by atoms with Crippen molar-refractivity contribution in [2.75, 3.05) is 0 Å². The first kappa shape index (κ1) is 16.1. The first-order valence-corrected chi connectivity index (χ1v) is 8.09. The minimum atomic E-state index is -0.384. The van der Waals surface area contributed by atoms with E-state index in [1.54, 1.807) is 0 Å². The fourth-order valence-electron chi connectivity index (χ4n) is 3.19. The molecule has 1 aromatic heterocycles. The Kier molecular flexibility index (Phi) is 4.26. The lowest BCUT2D eigenvalue weighted by molar-refractivity contribution is 0.0999. The summed E-state index contributed by atoms with van der Waals surface area (Å²) in [6.45, 7) is 6.85. The van der Waals surface area contributed by atoms with Gasteiger partial charge in [0.15, 0.2) is 0 Å². The number of aromatic nitrogens is 1. The van der Waals surface area contributed by atoms with Gasteiger partial charge in [0.05, 0.1) is 5.56 Å². The Bertz CT molecular complexity index is 892. The summed E-state index contributed by atoms with van der Waals surface area (Å²) in [5.41, 5.74) is 12.8. The van der Waals surface area contributed by atoms with Gasteiger partial charge in [-0.15, -0.1) is 0 Å². The third-order valence-corrected chi connectivity index (χ3v) is 4.47. The van der Waals surface area contributed by atoms with Crippen molar-refractivity contribution in [3.8, 4) is 11.3 Å². The van der Waals surface area contributed by atoms with Crippen molar-refractivity contribution in [2.24, 2.45) is 5.73 Å². The second kappa shape index (κ2) is 6.36. The van der Waals surface area contributed by atoms with Crippen LogP contribution in [0.3, 0.4) is 0 Å². The Hall–Kier alpha value is -2.81. The van der Waals surface area contributed by atoms with Gasteiger partial charge in [-0.2, -0.15) is 0 Å². The number of nitrogens with zero attached hydrogens (tertiary/aromatic N) is 1. The summed E-state index contributed by atoms with van der Waals surface area (Å²) < 4.78 is 2.17. The van der Waals surface area contributed by atoms with Gasteiger partial charge in [0.25, 0.3) is 5.91 Å². The van der Waals surface area contributed by atoms with Crippen molar-refractivity contribution >= 4 is 5.91 Å². The number of hydrogen-bond acceptors (Lipinski definition) is 1. The lowest BCUT2D eigenvalue weighted by atomic mass is 10.0. The molecule has 3 heteroatoms. The van der Waals surface area contributed by atoms with E-state index in [2.05, 4.69) is 48.7 Å². The molecule has 0 unspecified atom stereocenters. The third kappa shape index (κ3) is 2.98. The van der Waals surface area contributed by atoms with Gasteiger partial charge in [-0.25, -0.2) is 0 Å². The van der Waals surface area contributed by atoms with Crippen LogP contribution in [0, 0.1) is 20.8 Å². The average molecular weight is 318 g/mol. The van der Waals surface area contributed by atoms with Crippen molar-refractivity contribution in [1.29, 1.82) is 0 Å². The number of carbonyl (C=O) groups excluding carboxylic acids is 1. The minimum absolute atomic E-state index is 0.384. The van der Waals surface area contributed by atoms with E-state index in [9.17, 15) is 4.79 Å². The molecular weight excluding hydrogens is 296 g/mol. The number of hydrogen-bond donors (Lipinski definition) is 1. The molecule has 24 heavy (non-hydrogen) atoms. The zero-order valence-corrected chi connectivity index (χ0v) is 14.3. The molecule has 122 valence electrons. The van der Waals surface area contributed by atoms with Crippen molar-refractivity contribution in [1.82, 2.24) is 4.57 Å². The highest BCUT2D eigenvalue weighted by atomic mass is 16.1. The maximum atomic E-state index is 11.8. The van der Waals surface area contributed by atoms with E-state index in [1.807, 2.05) is 31.2 Å². The van der Waals surface area contributed by atoms with Crippen molar-refractivity contribution < 1.29 is 4.79 Å². The van der Waals surface area contributed by atoms with Crippen LogP contribution in [-0.4, -0.2) is 10.5 Å². The quantitative estimate of drug-likeness (QED) is 0.769. The van der Waals surface area contributed by atoms with Crippen LogP contribution >= 0.6 is 0 Å². The van der Waals surface area contributed by atoms with Crippen molar-refractivity contribution in [2.45, 2.75) is 27.3 Å². The maximum absolute atomic E-state index is 11.8. The molecule has 1 amide bonds. The number of aryl methyl sites for hydroxylation is 2. The molecule has 0 saturated heterocycles. The van der Waals surface area contributed by atoms with Gasteiger partial charge >= 0.3 is 0 Å². The third-order valence-electron chi connectivity index (χ3n) is 4.47. The van der Waals surface area contributed by atoms with E-state index in [0.717, 1.165) is 17.0 Å². The Morgan fingerprint density at radius 2 is 1.71 bits per heavy atom. The van der Waals surface area contributed by atoms with E-state index < -0.39 is 0 Å². The molecule has 3 rings (SSSR count). The van der Waals surface area contributed by atoms with E-state index in [1.165, 1.54) is 16.7 Å². The molecule has 0 atom stereocenters. The van der Waals surface area contributed by atoms with Crippen LogP contribution in [0.15, 0.2) is 54.6 Å². The lowest BCUT2D eigenvalue weighted by Crippen LogP contribution is -2.12. The summed E-state index contributed by atoms with van der Waals surface area (Å²) >= 11 is 0. The van der Waals surface area contributed by atoms with Crippen LogP contribution in [0.4, 0.5) is 0 Å². The van der Waals surface area contributed by atoms with Gasteiger partial charge in [-0.05, 0) is 38.0 Å². The molecule has 0 spiro atoms. The highest BCUT2D eigenvalue weighted by molar-refractivity contribution is 5.95. The predicted octanol–water partition coefficient (Wildman–Crippen LogP) is 4.23. The summed E-state index contributed by atoms with van der Waals surface area (Å²) in [5.74, 6) is -0.384. The first-order chi connectivity index (χ1) is 11.5. The molecule has 2 N–H and O–H groups in total. The molecule has 0 fully saturated rings. The molecule has 0 saturated carbocycles. The minimum Gasteiger partial charge on any atom is -0.366 e. The van der Waals surface area contributed by atoms with Gasteiger partial charge in [0.1, 0.15) is 0 Å². The number of carbonyl (C=O) groups is 1. The zero-order chi connectivity index (χ0) is 17.3. The molecule has 0 aliphatic rings. The second-order valence-electron chi connectivity index (χ2n) is 6.28. The van der Waals surface area contributed by atoms with Crippen LogP contribution in [0.25, 0.3) is 11.3 Å². The van der Waals surface area contributed by atoms with Gasteiger partial charge in [0.2, 0.25) is 0 Å². The van der Waals surface area contributed by atoms with Crippen LogP contribution < -0.4 is 5.73 Å². The van der Waals surface area contributed by atoms with Gasteiger partial charge in [0, 0.05) is 23.5 Å². The average Bonchev–Trinajstić information content (AvgIpc) is 2.86. The summed E-state index contributed by atoms with van der Waals surface area (Å²) in [6, 6.07) is 18.5. The largest absolute Gasteiger partial charge is 0.366 e. The molecule has 2 aromatic carbocycles. The molecule has 0 bridgehead atoms. The van der Waals surface area contributed by atoms with Crippen LogP contribution in [-0.2, 0) is 6.54 Å². The predicted molar refractivity (Wildman–Crippen MR) is 98.1 cm³/mol. The number of nitrogens with two attached hydrogens (primary N) is 1. The number of benzene rings is 2. The number of amides is 1. The fourth-order valence-corrected chi connectivity index (χ4v) is 3.19. The number of rotatable bonds is 4. The second-order valence-corrected chi connectivity index (χ2v) is 6.28. The Balaban J connectivity index is 2.17. The zero-order valence-electron chi connectivity index (χ0n) is 14.3. The molecular formula is C21H22N2O. The Morgan fingerprint density at radius 3 is 2.33 bits per heavy atom. The number of primary amides is 1. The molecule has 3 nitrogen and oxygen atoms in total. The van der Waals surface area contributed by atoms with E-state index >= 15 is 0 Å².